The number of allylic oxidation sites excluding steroid dienone is 1. The summed E-state index contributed by atoms with van der Waals surface area (Å²) in [4.78, 5) is 34.2. The molecule has 0 aromatic carbocycles. The van der Waals surface area contributed by atoms with E-state index < -0.39 is 17.2 Å². The van der Waals surface area contributed by atoms with Crippen LogP contribution in [0.5, 0.6) is 0 Å². The molecule has 0 amide bonds. The van der Waals surface area contributed by atoms with Crippen LogP contribution in [0.3, 0.4) is 0 Å². The number of aromatic amines is 1. The van der Waals surface area contributed by atoms with Crippen LogP contribution in [-0.4, -0.2) is 15.5 Å². The third-order valence-electron chi connectivity index (χ3n) is 1.24. The minimum absolute atomic E-state index is 0.534. The first-order valence-electron chi connectivity index (χ1n) is 3.14. The van der Waals surface area contributed by atoms with Gasteiger partial charge in [0, 0.05) is 12.3 Å². The Morgan fingerprint density at radius 1 is 1.58 bits per heavy atom. The van der Waals surface area contributed by atoms with Gasteiger partial charge in [-0.15, -0.1) is 0 Å². The molecule has 0 saturated carbocycles. The first-order valence-corrected chi connectivity index (χ1v) is 3.14. The van der Waals surface area contributed by atoms with E-state index in [0.29, 0.717) is 0 Å². The summed E-state index contributed by atoms with van der Waals surface area (Å²) in [7, 11) is 0. The molecule has 0 spiro atoms. The summed E-state index contributed by atoms with van der Waals surface area (Å²) in [5.41, 5.74) is -1.29. The van der Waals surface area contributed by atoms with Crippen LogP contribution in [0.1, 0.15) is 4.79 Å². The zero-order valence-electron chi connectivity index (χ0n) is 6.11. The second-order valence-corrected chi connectivity index (χ2v) is 2.02. The van der Waals surface area contributed by atoms with Crippen molar-refractivity contribution in [3.05, 3.63) is 45.8 Å². The Labute approximate surface area is 67.0 Å². The van der Waals surface area contributed by atoms with E-state index >= 15 is 0 Å². The van der Waals surface area contributed by atoms with Crippen LogP contribution in [0.15, 0.2) is 34.5 Å². The van der Waals surface area contributed by atoms with Crippen molar-refractivity contribution in [1.29, 1.82) is 0 Å². The van der Waals surface area contributed by atoms with Crippen molar-refractivity contribution in [2.24, 2.45) is 0 Å². The quantitative estimate of drug-likeness (QED) is 0.564. The molecule has 0 atom stereocenters. The van der Waals surface area contributed by atoms with Crippen molar-refractivity contribution < 1.29 is 4.79 Å². The molecular weight excluding hydrogens is 160 g/mol. The predicted molar refractivity (Wildman–Crippen MR) is 42.1 cm³/mol. The summed E-state index contributed by atoms with van der Waals surface area (Å²) in [5, 5.41) is 0. The van der Waals surface area contributed by atoms with Crippen molar-refractivity contribution in [2.75, 3.05) is 0 Å². The topological polar surface area (TPSA) is 71.9 Å². The Balaban J connectivity index is 3.37. The first kappa shape index (κ1) is 8.19. The van der Waals surface area contributed by atoms with Gasteiger partial charge in [0.1, 0.15) is 0 Å². The monoisotopic (exact) mass is 166 g/mol. The molecule has 0 saturated heterocycles. The van der Waals surface area contributed by atoms with Crippen LogP contribution >= 0.6 is 0 Å². The van der Waals surface area contributed by atoms with Crippen LogP contribution < -0.4 is 11.2 Å². The second-order valence-electron chi connectivity index (χ2n) is 2.02. The lowest BCUT2D eigenvalue weighted by Crippen LogP contribution is -2.31. The van der Waals surface area contributed by atoms with Gasteiger partial charge < -0.3 is 0 Å². The Morgan fingerprint density at radius 3 is 2.75 bits per heavy atom. The third-order valence-corrected chi connectivity index (χ3v) is 1.24. The number of carbonyl (C=O) groups is 1. The molecule has 0 fully saturated rings. The van der Waals surface area contributed by atoms with Gasteiger partial charge in [0.2, 0.25) is 0 Å². The maximum atomic E-state index is 10.9. The van der Waals surface area contributed by atoms with E-state index in [0.717, 1.165) is 22.9 Å². The fourth-order valence-corrected chi connectivity index (χ4v) is 0.689. The van der Waals surface area contributed by atoms with Gasteiger partial charge in [0.05, 0.1) is 0 Å². The lowest BCUT2D eigenvalue weighted by molar-refractivity contribution is 0.0963. The van der Waals surface area contributed by atoms with E-state index in [9.17, 15) is 14.4 Å². The van der Waals surface area contributed by atoms with Gasteiger partial charge in [0.15, 0.2) is 0 Å². The highest BCUT2D eigenvalue weighted by Gasteiger charge is 2.00. The number of hydrogen-bond acceptors (Lipinski definition) is 3. The smallest absolute Gasteiger partial charge is 0.274 e. The van der Waals surface area contributed by atoms with Crippen LogP contribution in [0.4, 0.5) is 0 Å². The summed E-state index contributed by atoms with van der Waals surface area (Å²) in [6, 6.07) is 1.09. The molecule has 1 rings (SSSR count). The molecule has 5 nitrogen and oxygen atoms in total. The number of nitrogens with zero attached hydrogens (tertiary/aromatic N) is 1. The van der Waals surface area contributed by atoms with Crippen LogP contribution in [0.2, 0.25) is 0 Å². The van der Waals surface area contributed by atoms with Gasteiger partial charge in [-0.05, 0) is 6.08 Å². The average Bonchev–Trinajstić information content (AvgIpc) is 2.03. The minimum atomic E-state index is -0.757. The molecule has 0 aliphatic carbocycles. The molecule has 0 bridgehead atoms. The van der Waals surface area contributed by atoms with Gasteiger partial charge in [-0.3, -0.25) is 14.6 Å². The van der Waals surface area contributed by atoms with Crippen LogP contribution in [0.25, 0.3) is 0 Å². The number of aromatic nitrogens is 2. The largest absolute Gasteiger partial charge is 0.335 e. The van der Waals surface area contributed by atoms with E-state index in [4.69, 9.17) is 0 Å². The summed E-state index contributed by atoms with van der Waals surface area (Å²) in [6.45, 7) is 3.20. The zero-order valence-corrected chi connectivity index (χ0v) is 6.11. The molecule has 1 heterocycles. The van der Waals surface area contributed by atoms with E-state index in [2.05, 4.69) is 6.58 Å². The van der Waals surface area contributed by atoms with Gasteiger partial charge in [-0.2, -0.15) is 0 Å². The normalized spacial score (nSPS) is 9.33. The van der Waals surface area contributed by atoms with Gasteiger partial charge in [0.25, 0.3) is 11.5 Å². The van der Waals surface area contributed by atoms with Gasteiger partial charge in [-0.1, -0.05) is 6.58 Å². The minimum Gasteiger partial charge on any atom is -0.274 e. The second kappa shape index (κ2) is 3.00. The van der Waals surface area contributed by atoms with Crippen molar-refractivity contribution >= 4 is 5.91 Å². The molecule has 0 aliphatic rings. The van der Waals surface area contributed by atoms with Crippen LogP contribution in [-0.2, 0) is 0 Å². The summed E-state index contributed by atoms with van der Waals surface area (Å²) >= 11 is 0. The highest BCUT2D eigenvalue weighted by Crippen LogP contribution is 1.77. The molecule has 1 aromatic heterocycles. The molecule has 12 heavy (non-hydrogen) atoms. The SMILES string of the molecule is C=CC(=O)n1ccc(=O)[nH]c1=O. The lowest BCUT2D eigenvalue weighted by Gasteiger charge is -1.95. The number of hydrogen-bond donors (Lipinski definition) is 1. The Bertz CT molecular complexity index is 427. The van der Waals surface area contributed by atoms with E-state index in [1.807, 2.05) is 4.98 Å². The molecule has 1 N–H and O–H groups in total. The predicted octanol–water partition coefficient (Wildman–Crippen LogP) is -0.637. The Kier molecular flexibility index (Phi) is 2.05. The van der Waals surface area contributed by atoms with E-state index in [1.54, 1.807) is 0 Å². The van der Waals surface area contributed by atoms with Crippen molar-refractivity contribution in [1.82, 2.24) is 9.55 Å². The summed E-state index contributed by atoms with van der Waals surface area (Å²) < 4.78 is 0.758. The van der Waals surface area contributed by atoms with Gasteiger partial charge in [-0.25, -0.2) is 9.36 Å². The number of carbonyl (C=O) groups excluding carboxylic acids is 1. The van der Waals surface area contributed by atoms with Crippen molar-refractivity contribution in [3.8, 4) is 0 Å². The van der Waals surface area contributed by atoms with Crippen LogP contribution in [0, 0.1) is 0 Å². The molecule has 0 unspecified atom stereocenters. The molecule has 0 aliphatic heterocycles. The fraction of sp³-hybridized carbons (Fsp3) is 0. The molecule has 5 heteroatoms. The number of nitrogens with one attached hydrogen (secondary N) is 1. The molecule has 62 valence electrons. The molecule has 1 aromatic rings. The van der Waals surface area contributed by atoms with Crippen molar-refractivity contribution in [3.63, 3.8) is 0 Å². The summed E-state index contributed by atoms with van der Waals surface area (Å²) in [6.07, 6.45) is 2.09. The maximum absolute atomic E-state index is 10.9. The first-order chi connectivity index (χ1) is 5.65. The maximum Gasteiger partial charge on any atom is 0.335 e. The van der Waals surface area contributed by atoms with E-state index in [-0.39, 0.29) is 0 Å². The number of rotatable bonds is 1. The lowest BCUT2D eigenvalue weighted by atomic mass is 10.5. The zero-order chi connectivity index (χ0) is 9.14. The van der Waals surface area contributed by atoms with Crippen molar-refractivity contribution in [2.45, 2.75) is 0 Å². The molecule has 0 radical (unpaired) electrons. The highest BCUT2D eigenvalue weighted by atomic mass is 16.2. The average molecular weight is 166 g/mol. The highest BCUT2D eigenvalue weighted by molar-refractivity contribution is 5.88. The Hall–Kier alpha value is -1.91. The van der Waals surface area contributed by atoms with E-state index in [1.165, 1.54) is 0 Å². The Morgan fingerprint density at radius 2 is 2.25 bits per heavy atom. The standard InChI is InChI=1S/C7H6N2O3/c1-2-6(11)9-4-3-5(10)8-7(9)12/h2-4H,1H2,(H,8,10,12). The summed E-state index contributed by atoms with van der Waals surface area (Å²) in [5.74, 6) is -0.573. The fourth-order valence-electron chi connectivity index (χ4n) is 0.689. The third kappa shape index (κ3) is 1.39. The number of H-pyrrole nitrogens is 1. The van der Waals surface area contributed by atoms with Gasteiger partial charge >= 0.3 is 5.69 Å². The molecular formula is C7H6N2O3.